The summed E-state index contributed by atoms with van der Waals surface area (Å²) in [5.74, 6) is 0. The van der Waals surface area contributed by atoms with Crippen molar-refractivity contribution in [2.75, 3.05) is 0 Å². The fraction of sp³-hybridized carbons (Fsp3) is 0.100. The first-order chi connectivity index (χ1) is 11.3. The van der Waals surface area contributed by atoms with E-state index >= 15 is 0 Å². The maximum absolute atomic E-state index is 3.64. The smallest absolute Gasteiger partial charge is 0.105 e. The van der Waals surface area contributed by atoms with Crippen molar-refractivity contribution in [1.29, 1.82) is 0 Å². The van der Waals surface area contributed by atoms with Crippen LogP contribution in [0, 0.1) is 0 Å². The van der Waals surface area contributed by atoms with E-state index in [1.807, 2.05) is 11.3 Å². The highest BCUT2D eigenvalue weighted by Crippen LogP contribution is 2.43. The van der Waals surface area contributed by atoms with Crippen LogP contribution in [0.2, 0.25) is 0 Å². The van der Waals surface area contributed by atoms with Gasteiger partial charge in [0.25, 0.3) is 0 Å². The van der Waals surface area contributed by atoms with Crippen molar-refractivity contribution in [2.45, 2.75) is 12.5 Å². The predicted octanol–water partition coefficient (Wildman–Crippen LogP) is 6.83. The number of benzene rings is 2. The van der Waals surface area contributed by atoms with E-state index in [0.29, 0.717) is 6.04 Å². The molecule has 2 aromatic carbocycles. The first-order valence-electron chi connectivity index (χ1n) is 7.77. The lowest BCUT2D eigenvalue weighted by molar-refractivity contribution is 0.651. The van der Waals surface area contributed by atoms with Crippen molar-refractivity contribution < 1.29 is 0 Å². The van der Waals surface area contributed by atoms with Crippen LogP contribution in [-0.2, 0) is 0 Å². The number of aromatic nitrogens is 1. The van der Waals surface area contributed by atoms with Gasteiger partial charge in [0, 0.05) is 25.3 Å². The monoisotopic (exact) mass is 379 g/mol. The summed E-state index contributed by atoms with van der Waals surface area (Å²) < 4.78 is 5.02. The van der Waals surface area contributed by atoms with Gasteiger partial charge in [0.1, 0.15) is 4.83 Å². The molecule has 0 amide bonds. The molecule has 1 atom stereocenters. The van der Waals surface area contributed by atoms with E-state index in [1.54, 1.807) is 0 Å². The second-order valence-corrected chi connectivity index (χ2v) is 7.87. The number of nitrogens with zero attached hydrogens (tertiary/aromatic N) is 1. The molecule has 0 spiro atoms. The highest BCUT2D eigenvalue weighted by molar-refractivity contribution is 9.10. The topological polar surface area (TPSA) is 4.93 Å². The molecule has 0 saturated heterocycles. The molecule has 0 N–H and O–H groups in total. The maximum Gasteiger partial charge on any atom is 0.105 e. The van der Waals surface area contributed by atoms with E-state index < -0.39 is 0 Å². The highest BCUT2D eigenvalue weighted by Gasteiger charge is 2.20. The number of allylic oxidation sites excluding steroid dienone is 4. The predicted molar refractivity (Wildman–Crippen MR) is 104 cm³/mol. The second kappa shape index (κ2) is 5.08. The molecule has 0 radical (unpaired) electrons. The summed E-state index contributed by atoms with van der Waals surface area (Å²) in [5, 5.41) is 4.12. The van der Waals surface area contributed by atoms with Crippen LogP contribution in [0.4, 0.5) is 0 Å². The summed E-state index contributed by atoms with van der Waals surface area (Å²) in [6.07, 6.45) is 9.92. The van der Waals surface area contributed by atoms with Gasteiger partial charge < -0.3 is 4.57 Å². The average Bonchev–Trinajstić information content (AvgIpc) is 3.09. The van der Waals surface area contributed by atoms with Crippen LogP contribution in [0.5, 0.6) is 0 Å². The van der Waals surface area contributed by atoms with Crippen molar-refractivity contribution in [1.82, 2.24) is 4.57 Å². The number of thiophene rings is 1. The summed E-state index contributed by atoms with van der Waals surface area (Å²) in [6, 6.07) is 15.8. The van der Waals surface area contributed by atoms with Gasteiger partial charge in [-0.15, -0.1) is 11.3 Å². The number of hydrogen-bond acceptors (Lipinski definition) is 1. The van der Waals surface area contributed by atoms with Gasteiger partial charge in [-0.1, -0.05) is 64.5 Å². The maximum atomic E-state index is 3.64. The van der Waals surface area contributed by atoms with Gasteiger partial charge in [-0.25, -0.2) is 0 Å². The van der Waals surface area contributed by atoms with E-state index in [4.69, 9.17) is 0 Å². The van der Waals surface area contributed by atoms with Crippen molar-refractivity contribution in [2.24, 2.45) is 0 Å². The number of hydrogen-bond donors (Lipinski definition) is 0. The Balaban J connectivity index is 1.97. The summed E-state index contributed by atoms with van der Waals surface area (Å²) in [7, 11) is 0. The normalized spacial score (nSPS) is 17.7. The molecule has 112 valence electrons. The average molecular weight is 380 g/mol. The number of halogens is 1. The van der Waals surface area contributed by atoms with Gasteiger partial charge >= 0.3 is 0 Å². The van der Waals surface area contributed by atoms with Crippen LogP contribution in [0.1, 0.15) is 12.5 Å². The van der Waals surface area contributed by atoms with Gasteiger partial charge in [-0.2, -0.15) is 0 Å². The molecule has 1 unspecified atom stereocenters. The van der Waals surface area contributed by atoms with Crippen LogP contribution in [0.15, 0.2) is 71.2 Å². The zero-order valence-electron chi connectivity index (χ0n) is 12.4. The SMILES string of the molecule is Brc1ccc2c3c4ccccc4sc3n(C3C=CC=CC3)c2c1. The molecule has 4 aromatic rings. The molecule has 1 aliphatic carbocycles. The Kier molecular flexibility index (Phi) is 3.00. The van der Waals surface area contributed by atoms with Crippen LogP contribution >= 0.6 is 27.3 Å². The molecule has 1 aliphatic rings. The van der Waals surface area contributed by atoms with Crippen LogP contribution in [-0.4, -0.2) is 4.57 Å². The molecule has 2 heterocycles. The van der Waals surface area contributed by atoms with E-state index in [0.717, 1.165) is 10.9 Å². The summed E-state index contributed by atoms with van der Waals surface area (Å²) in [4.78, 5) is 1.38. The van der Waals surface area contributed by atoms with E-state index in [2.05, 4.69) is 87.3 Å². The third-order valence-corrected chi connectivity index (χ3v) is 6.24. The summed E-state index contributed by atoms with van der Waals surface area (Å²) in [5.41, 5.74) is 1.32. The fourth-order valence-electron chi connectivity index (χ4n) is 3.58. The lowest BCUT2D eigenvalue weighted by Gasteiger charge is -2.17. The van der Waals surface area contributed by atoms with Crippen molar-refractivity contribution in [3.05, 3.63) is 71.2 Å². The molecule has 2 aromatic heterocycles. The first kappa shape index (κ1) is 13.6. The zero-order valence-corrected chi connectivity index (χ0v) is 14.8. The molecule has 0 saturated carbocycles. The van der Waals surface area contributed by atoms with Crippen molar-refractivity contribution in [3.8, 4) is 0 Å². The minimum atomic E-state index is 0.391. The van der Waals surface area contributed by atoms with Gasteiger partial charge in [0.15, 0.2) is 0 Å². The van der Waals surface area contributed by atoms with Gasteiger partial charge in [-0.05, 0) is 24.6 Å². The molecular formula is C20H14BrNS. The second-order valence-electron chi connectivity index (χ2n) is 5.93. The molecule has 0 fully saturated rings. The third kappa shape index (κ3) is 1.97. The van der Waals surface area contributed by atoms with E-state index in [9.17, 15) is 0 Å². The minimum absolute atomic E-state index is 0.391. The summed E-state index contributed by atoms with van der Waals surface area (Å²) in [6.45, 7) is 0. The van der Waals surface area contributed by atoms with Crippen LogP contribution in [0.3, 0.4) is 0 Å². The minimum Gasteiger partial charge on any atom is -0.325 e. The van der Waals surface area contributed by atoms with Crippen molar-refractivity contribution >= 4 is 58.5 Å². The highest BCUT2D eigenvalue weighted by atomic mass is 79.9. The first-order valence-corrected chi connectivity index (χ1v) is 9.38. The molecular weight excluding hydrogens is 366 g/mol. The summed E-state index contributed by atoms with van der Waals surface area (Å²) >= 11 is 5.55. The lowest BCUT2D eigenvalue weighted by atomic mass is 10.1. The quantitative estimate of drug-likeness (QED) is 0.341. The molecule has 0 bridgehead atoms. The van der Waals surface area contributed by atoms with E-state index in [1.165, 1.54) is 31.2 Å². The molecule has 0 aliphatic heterocycles. The zero-order chi connectivity index (χ0) is 15.4. The molecule has 23 heavy (non-hydrogen) atoms. The Morgan fingerprint density at radius 3 is 2.83 bits per heavy atom. The van der Waals surface area contributed by atoms with Crippen LogP contribution in [0.25, 0.3) is 31.2 Å². The van der Waals surface area contributed by atoms with Gasteiger partial charge in [-0.3, -0.25) is 0 Å². The van der Waals surface area contributed by atoms with E-state index in [-0.39, 0.29) is 0 Å². The Morgan fingerprint density at radius 1 is 1.04 bits per heavy atom. The van der Waals surface area contributed by atoms with Crippen molar-refractivity contribution in [3.63, 3.8) is 0 Å². The Labute approximate surface area is 146 Å². The Morgan fingerprint density at radius 2 is 1.96 bits per heavy atom. The van der Waals surface area contributed by atoms with Gasteiger partial charge in [0.2, 0.25) is 0 Å². The van der Waals surface area contributed by atoms with Gasteiger partial charge in [0.05, 0.1) is 11.6 Å². The molecule has 3 heteroatoms. The standard InChI is InChI=1S/C20H14BrNS/c21-13-10-11-15-17(12-13)22(14-6-2-1-3-7-14)20-19(15)16-8-4-5-9-18(16)23-20/h1-6,8-12,14H,7H2. The fourth-order valence-corrected chi connectivity index (χ4v) is 5.21. The number of fused-ring (bicyclic) bond motifs is 5. The lowest BCUT2D eigenvalue weighted by Crippen LogP contribution is -2.05. The largest absolute Gasteiger partial charge is 0.325 e. The number of rotatable bonds is 1. The molecule has 5 rings (SSSR count). The van der Waals surface area contributed by atoms with Crippen LogP contribution < -0.4 is 0 Å². The molecule has 1 nitrogen and oxygen atoms in total. The third-order valence-electron chi connectivity index (χ3n) is 4.57. The Hall–Kier alpha value is -1.84. The Bertz CT molecular complexity index is 1110.